The highest BCUT2D eigenvalue weighted by Gasteiger charge is 2.15. The summed E-state index contributed by atoms with van der Waals surface area (Å²) in [5, 5.41) is 7.42. The van der Waals surface area contributed by atoms with E-state index in [1.165, 1.54) is 5.56 Å². The molecule has 3 N–H and O–H groups in total. The minimum atomic E-state index is -0.324. The minimum absolute atomic E-state index is 0.324. The van der Waals surface area contributed by atoms with Gasteiger partial charge in [-0.15, -0.1) is 0 Å². The largest absolute Gasteiger partial charge is 0.470 e. The Balaban J connectivity index is 1.95. The summed E-state index contributed by atoms with van der Waals surface area (Å²) >= 11 is 0. The molecule has 0 fully saturated rings. The average Bonchev–Trinajstić information content (AvgIpc) is 2.77. The van der Waals surface area contributed by atoms with Gasteiger partial charge in [-0.05, 0) is 44.9 Å². The first-order chi connectivity index (χ1) is 9.83. The molecular formula is C15H23N5O. The van der Waals surface area contributed by atoms with Gasteiger partial charge in [-0.2, -0.15) is 10.1 Å². The third kappa shape index (κ3) is 4.66. The molecule has 0 aliphatic rings. The Hall–Kier alpha value is -2.24. The van der Waals surface area contributed by atoms with Crippen LogP contribution in [-0.2, 0) is 13.5 Å². The van der Waals surface area contributed by atoms with Crippen LogP contribution in [0.3, 0.4) is 0 Å². The van der Waals surface area contributed by atoms with E-state index in [0.29, 0.717) is 11.6 Å². The number of nitrogen functional groups attached to an aromatic ring is 1. The summed E-state index contributed by atoms with van der Waals surface area (Å²) in [5.74, 6) is 1.22. The zero-order chi connectivity index (χ0) is 15.5. The lowest BCUT2D eigenvalue weighted by Crippen LogP contribution is -2.24. The predicted molar refractivity (Wildman–Crippen MR) is 84.4 cm³/mol. The first kappa shape index (κ1) is 15.2. The minimum Gasteiger partial charge on any atom is -0.470 e. The average molecular weight is 289 g/mol. The quantitative estimate of drug-likeness (QED) is 0.882. The molecule has 0 bridgehead atoms. The highest BCUT2D eigenvalue weighted by atomic mass is 16.5. The van der Waals surface area contributed by atoms with E-state index in [2.05, 4.69) is 15.4 Å². The normalized spacial score (nSPS) is 11.4. The molecule has 0 spiro atoms. The molecule has 2 aromatic heterocycles. The molecule has 0 atom stereocenters. The Morgan fingerprint density at radius 2 is 2.10 bits per heavy atom. The standard InChI is InChI=1S/C15H23N5O/c1-15(2,3)21-14-12(16)5-6-13(19-14)17-8-7-11-9-18-20(4)10-11/h5-6,9-10H,7-8,16H2,1-4H3,(H,17,19). The number of hydrogen-bond acceptors (Lipinski definition) is 5. The second-order valence-corrected chi connectivity index (χ2v) is 6.00. The number of ether oxygens (including phenoxy) is 1. The van der Waals surface area contributed by atoms with Crippen LogP contribution >= 0.6 is 0 Å². The number of pyridine rings is 1. The molecule has 0 aromatic carbocycles. The van der Waals surface area contributed by atoms with Gasteiger partial charge in [0.25, 0.3) is 0 Å². The summed E-state index contributed by atoms with van der Waals surface area (Å²) in [6, 6.07) is 3.66. The summed E-state index contributed by atoms with van der Waals surface area (Å²) in [6.07, 6.45) is 4.76. The first-order valence-corrected chi connectivity index (χ1v) is 7.00. The third-order valence-corrected chi connectivity index (χ3v) is 2.77. The van der Waals surface area contributed by atoms with Crippen molar-refractivity contribution in [1.29, 1.82) is 0 Å². The molecule has 0 saturated carbocycles. The van der Waals surface area contributed by atoms with Gasteiger partial charge in [0.2, 0.25) is 5.88 Å². The summed E-state index contributed by atoms with van der Waals surface area (Å²) in [4.78, 5) is 4.41. The van der Waals surface area contributed by atoms with E-state index in [-0.39, 0.29) is 5.60 Å². The molecule has 2 aromatic rings. The van der Waals surface area contributed by atoms with E-state index in [9.17, 15) is 0 Å². The molecule has 0 aliphatic heterocycles. The van der Waals surface area contributed by atoms with Crippen LogP contribution < -0.4 is 15.8 Å². The molecule has 0 aliphatic carbocycles. The molecule has 6 heteroatoms. The van der Waals surface area contributed by atoms with Gasteiger partial charge >= 0.3 is 0 Å². The molecule has 2 heterocycles. The van der Waals surface area contributed by atoms with Gasteiger partial charge in [-0.25, -0.2) is 0 Å². The molecule has 114 valence electrons. The Labute approximate surface area is 125 Å². The molecule has 0 radical (unpaired) electrons. The van der Waals surface area contributed by atoms with Gasteiger partial charge in [0.1, 0.15) is 11.4 Å². The number of rotatable bonds is 5. The number of nitrogens with one attached hydrogen (secondary N) is 1. The zero-order valence-electron chi connectivity index (χ0n) is 13.1. The first-order valence-electron chi connectivity index (χ1n) is 7.00. The lowest BCUT2D eigenvalue weighted by molar-refractivity contribution is 0.125. The summed E-state index contributed by atoms with van der Waals surface area (Å²) in [5.41, 5.74) is 7.30. The van der Waals surface area contributed by atoms with Crippen LogP contribution in [0.25, 0.3) is 0 Å². The van der Waals surface area contributed by atoms with Crippen LogP contribution in [-0.4, -0.2) is 26.9 Å². The highest BCUT2D eigenvalue weighted by molar-refractivity contribution is 5.53. The van der Waals surface area contributed by atoms with Crippen molar-refractivity contribution >= 4 is 11.5 Å². The van der Waals surface area contributed by atoms with Crippen molar-refractivity contribution in [3.05, 3.63) is 30.1 Å². The molecule has 0 amide bonds. The SMILES string of the molecule is Cn1cc(CCNc2ccc(N)c(OC(C)(C)C)n2)cn1. The molecule has 2 rings (SSSR count). The lowest BCUT2D eigenvalue weighted by Gasteiger charge is -2.21. The van der Waals surface area contributed by atoms with Crippen LogP contribution in [0.4, 0.5) is 11.5 Å². The number of aromatic nitrogens is 3. The second-order valence-electron chi connectivity index (χ2n) is 6.00. The van der Waals surface area contributed by atoms with Crippen molar-refractivity contribution in [1.82, 2.24) is 14.8 Å². The number of anilines is 2. The summed E-state index contributed by atoms with van der Waals surface area (Å²) in [6.45, 7) is 6.68. The van der Waals surface area contributed by atoms with Crippen LogP contribution in [0.5, 0.6) is 5.88 Å². The fourth-order valence-electron chi connectivity index (χ4n) is 1.86. The monoisotopic (exact) mass is 289 g/mol. The number of nitrogens with two attached hydrogens (primary N) is 1. The Morgan fingerprint density at radius 3 is 2.71 bits per heavy atom. The van der Waals surface area contributed by atoms with Gasteiger partial charge < -0.3 is 15.8 Å². The maximum absolute atomic E-state index is 5.89. The number of aryl methyl sites for hydroxylation is 1. The van der Waals surface area contributed by atoms with Crippen LogP contribution in [0.15, 0.2) is 24.5 Å². The van der Waals surface area contributed by atoms with Crippen LogP contribution in [0.2, 0.25) is 0 Å². The fourth-order valence-corrected chi connectivity index (χ4v) is 1.86. The van der Waals surface area contributed by atoms with Crippen molar-refractivity contribution in [2.75, 3.05) is 17.6 Å². The van der Waals surface area contributed by atoms with Gasteiger partial charge in [0.05, 0.1) is 11.9 Å². The van der Waals surface area contributed by atoms with Gasteiger partial charge in [0.15, 0.2) is 0 Å². The van der Waals surface area contributed by atoms with Crippen molar-refractivity contribution in [2.45, 2.75) is 32.8 Å². The Morgan fingerprint density at radius 1 is 1.33 bits per heavy atom. The van der Waals surface area contributed by atoms with E-state index in [1.54, 1.807) is 10.7 Å². The maximum atomic E-state index is 5.89. The van der Waals surface area contributed by atoms with Gasteiger partial charge in [-0.1, -0.05) is 0 Å². The fraction of sp³-hybridized carbons (Fsp3) is 0.467. The van der Waals surface area contributed by atoms with E-state index < -0.39 is 0 Å². The summed E-state index contributed by atoms with van der Waals surface area (Å²) in [7, 11) is 1.91. The topological polar surface area (TPSA) is 78.0 Å². The van der Waals surface area contributed by atoms with Crippen molar-refractivity contribution < 1.29 is 4.74 Å². The molecule has 21 heavy (non-hydrogen) atoms. The van der Waals surface area contributed by atoms with Gasteiger partial charge in [0, 0.05) is 19.8 Å². The second kappa shape index (κ2) is 6.03. The van der Waals surface area contributed by atoms with Crippen molar-refractivity contribution in [3.8, 4) is 5.88 Å². The molecular weight excluding hydrogens is 266 g/mol. The zero-order valence-corrected chi connectivity index (χ0v) is 13.1. The maximum Gasteiger partial charge on any atom is 0.239 e. The van der Waals surface area contributed by atoms with Crippen molar-refractivity contribution in [2.24, 2.45) is 7.05 Å². The number of nitrogens with zero attached hydrogens (tertiary/aromatic N) is 3. The predicted octanol–water partition coefficient (Wildman–Crippen LogP) is 2.23. The van der Waals surface area contributed by atoms with E-state index in [1.807, 2.05) is 46.3 Å². The smallest absolute Gasteiger partial charge is 0.239 e. The molecule has 6 nitrogen and oxygen atoms in total. The Kier molecular flexibility index (Phi) is 4.35. The van der Waals surface area contributed by atoms with Crippen molar-refractivity contribution in [3.63, 3.8) is 0 Å². The Bertz CT molecular complexity index is 600. The van der Waals surface area contributed by atoms with E-state index >= 15 is 0 Å². The molecule has 0 saturated heterocycles. The molecule has 0 unspecified atom stereocenters. The van der Waals surface area contributed by atoms with E-state index in [0.717, 1.165) is 18.8 Å². The van der Waals surface area contributed by atoms with Gasteiger partial charge in [-0.3, -0.25) is 4.68 Å². The van der Waals surface area contributed by atoms with E-state index in [4.69, 9.17) is 10.5 Å². The number of hydrogen-bond donors (Lipinski definition) is 2. The van der Waals surface area contributed by atoms with Crippen LogP contribution in [0, 0.1) is 0 Å². The third-order valence-electron chi connectivity index (χ3n) is 2.77. The van der Waals surface area contributed by atoms with Crippen LogP contribution in [0.1, 0.15) is 26.3 Å². The lowest BCUT2D eigenvalue weighted by atomic mass is 10.2. The highest BCUT2D eigenvalue weighted by Crippen LogP contribution is 2.24. The summed E-state index contributed by atoms with van der Waals surface area (Å²) < 4.78 is 7.55.